The van der Waals surface area contributed by atoms with Gasteiger partial charge in [-0.25, -0.2) is 0 Å². The van der Waals surface area contributed by atoms with Gasteiger partial charge in [0.1, 0.15) is 35.2 Å². The highest BCUT2D eigenvalue weighted by molar-refractivity contribution is 6.00. The first-order chi connectivity index (χ1) is 13.2. The van der Waals surface area contributed by atoms with Crippen molar-refractivity contribution in [3.8, 4) is 5.75 Å². The van der Waals surface area contributed by atoms with Crippen LogP contribution in [0.25, 0.3) is 0 Å². The minimum atomic E-state index is -4.83. The van der Waals surface area contributed by atoms with E-state index in [2.05, 4.69) is 5.32 Å². The van der Waals surface area contributed by atoms with E-state index in [9.17, 15) is 27.6 Å². The van der Waals surface area contributed by atoms with Gasteiger partial charge in [-0.15, -0.1) is 0 Å². The number of ketones is 1. The summed E-state index contributed by atoms with van der Waals surface area (Å²) in [5.74, 6) is -2.38. The summed E-state index contributed by atoms with van der Waals surface area (Å²) in [5, 5.41) is 3.07. The van der Waals surface area contributed by atoms with Gasteiger partial charge in [-0.3, -0.25) is 14.4 Å². The molecule has 1 unspecified atom stereocenters. The Balaban J connectivity index is 2.24. The van der Waals surface area contributed by atoms with Crippen molar-refractivity contribution in [2.45, 2.75) is 58.0 Å². The van der Waals surface area contributed by atoms with E-state index in [1.165, 1.54) is 7.05 Å². The number of nitrogens with one attached hydrogen (secondary N) is 1. The molecule has 2 heterocycles. The van der Waals surface area contributed by atoms with Crippen LogP contribution in [0, 0.1) is 5.92 Å². The van der Waals surface area contributed by atoms with Gasteiger partial charge < -0.3 is 19.4 Å². The summed E-state index contributed by atoms with van der Waals surface area (Å²) in [7, 11) is 1.18. The SMILES string of the molecule is C[C@H]1CC(=O)C(C(=O)OC(C)(C)C)[C@@H](COc2cc(C(F)(F)F)c(=O)n(C)c2)N1. The van der Waals surface area contributed by atoms with Crippen molar-refractivity contribution in [1.82, 2.24) is 9.88 Å². The minimum absolute atomic E-state index is 0.123. The number of Topliss-reactive ketones (excluding diaryl/α,β-unsaturated/α-hetero) is 1. The molecular formula is C19H25F3N2O5. The van der Waals surface area contributed by atoms with Gasteiger partial charge in [0.25, 0.3) is 5.56 Å². The third-order valence-electron chi connectivity index (χ3n) is 4.31. The molecule has 1 saturated heterocycles. The number of aryl methyl sites for hydroxylation is 1. The second kappa shape index (κ2) is 8.17. The molecule has 0 amide bonds. The predicted octanol–water partition coefficient (Wildman–Crippen LogP) is 2.06. The molecule has 0 radical (unpaired) electrons. The standard InChI is InChI=1S/C19H25F3N2O5/c1-10-6-14(25)15(17(27)29-18(2,3)4)13(23-10)9-28-11-7-12(19(20,21)22)16(26)24(5)8-11/h7-8,10,13,15,23H,6,9H2,1-5H3/t10-,13+,15?/m0/s1. The number of carbonyl (C=O) groups is 2. The van der Waals surface area contributed by atoms with E-state index >= 15 is 0 Å². The maximum atomic E-state index is 13.0. The number of halogens is 3. The van der Waals surface area contributed by atoms with Gasteiger partial charge in [-0.2, -0.15) is 13.2 Å². The lowest BCUT2D eigenvalue weighted by atomic mass is 9.86. The number of piperidine rings is 1. The number of nitrogens with zero attached hydrogens (tertiary/aromatic N) is 1. The molecule has 1 fully saturated rings. The van der Waals surface area contributed by atoms with Gasteiger partial charge in [0.2, 0.25) is 0 Å². The quantitative estimate of drug-likeness (QED) is 0.595. The summed E-state index contributed by atoms with van der Waals surface area (Å²) in [4.78, 5) is 36.7. The average Bonchev–Trinajstić information content (AvgIpc) is 2.52. The molecule has 10 heteroatoms. The molecule has 3 atom stereocenters. The Morgan fingerprint density at radius 1 is 1.28 bits per heavy atom. The molecule has 1 N–H and O–H groups in total. The first-order valence-corrected chi connectivity index (χ1v) is 9.11. The van der Waals surface area contributed by atoms with Gasteiger partial charge in [0.05, 0.1) is 6.04 Å². The van der Waals surface area contributed by atoms with Crippen molar-refractivity contribution >= 4 is 11.8 Å². The zero-order valence-electron chi connectivity index (χ0n) is 16.9. The van der Waals surface area contributed by atoms with Crippen molar-refractivity contribution in [3.05, 3.63) is 28.2 Å². The van der Waals surface area contributed by atoms with Crippen LogP contribution in [-0.2, 0) is 27.5 Å². The van der Waals surface area contributed by atoms with Gasteiger partial charge in [0.15, 0.2) is 0 Å². The van der Waals surface area contributed by atoms with Crippen LogP contribution in [0.3, 0.4) is 0 Å². The monoisotopic (exact) mass is 418 g/mol. The van der Waals surface area contributed by atoms with E-state index < -0.39 is 40.8 Å². The van der Waals surface area contributed by atoms with Crippen LogP contribution < -0.4 is 15.6 Å². The fourth-order valence-corrected chi connectivity index (χ4v) is 3.13. The lowest BCUT2D eigenvalue weighted by molar-refractivity contribution is -0.165. The lowest BCUT2D eigenvalue weighted by Crippen LogP contribution is -2.57. The predicted molar refractivity (Wildman–Crippen MR) is 97.5 cm³/mol. The topological polar surface area (TPSA) is 86.6 Å². The van der Waals surface area contributed by atoms with Crippen molar-refractivity contribution in [3.63, 3.8) is 0 Å². The minimum Gasteiger partial charge on any atom is -0.490 e. The Morgan fingerprint density at radius 3 is 2.45 bits per heavy atom. The van der Waals surface area contributed by atoms with E-state index in [-0.39, 0.29) is 30.6 Å². The molecule has 1 aromatic heterocycles. The number of carbonyl (C=O) groups excluding carboxylic acids is 2. The maximum Gasteiger partial charge on any atom is 0.421 e. The van der Waals surface area contributed by atoms with Crippen molar-refractivity contribution < 1.29 is 32.2 Å². The van der Waals surface area contributed by atoms with Crippen LogP contribution >= 0.6 is 0 Å². The fourth-order valence-electron chi connectivity index (χ4n) is 3.13. The molecule has 1 aromatic rings. The van der Waals surface area contributed by atoms with Crippen molar-refractivity contribution in [1.29, 1.82) is 0 Å². The molecular weight excluding hydrogens is 393 g/mol. The summed E-state index contributed by atoms with van der Waals surface area (Å²) in [6, 6.07) is -0.410. The summed E-state index contributed by atoms with van der Waals surface area (Å²) < 4.78 is 50.7. The molecule has 0 aromatic carbocycles. The van der Waals surface area contributed by atoms with E-state index in [0.717, 1.165) is 10.8 Å². The third-order valence-corrected chi connectivity index (χ3v) is 4.31. The zero-order chi connectivity index (χ0) is 22.1. The highest BCUT2D eigenvalue weighted by atomic mass is 19.4. The Hall–Kier alpha value is -2.36. The number of pyridine rings is 1. The average molecular weight is 418 g/mol. The summed E-state index contributed by atoms with van der Waals surface area (Å²) in [6.07, 6.45) is -3.59. The van der Waals surface area contributed by atoms with Gasteiger partial charge in [0, 0.05) is 25.7 Å². The lowest BCUT2D eigenvalue weighted by Gasteiger charge is -2.35. The zero-order valence-corrected chi connectivity index (χ0v) is 16.9. The smallest absolute Gasteiger partial charge is 0.421 e. The number of alkyl halides is 3. The van der Waals surface area contributed by atoms with E-state index in [0.29, 0.717) is 6.07 Å². The van der Waals surface area contributed by atoms with E-state index in [4.69, 9.17) is 9.47 Å². The molecule has 1 aliphatic rings. The van der Waals surface area contributed by atoms with Crippen molar-refractivity contribution in [2.24, 2.45) is 13.0 Å². The second-order valence-corrected chi connectivity index (χ2v) is 8.17. The molecule has 2 rings (SSSR count). The summed E-state index contributed by atoms with van der Waals surface area (Å²) >= 11 is 0. The van der Waals surface area contributed by atoms with Gasteiger partial charge in [-0.05, 0) is 33.8 Å². The number of ether oxygens (including phenoxy) is 2. The van der Waals surface area contributed by atoms with Gasteiger partial charge >= 0.3 is 12.1 Å². The van der Waals surface area contributed by atoms with Crippen LogP contribution in [0.2, 0.25) is 0 Å². The summed E-state index contributed by atoms with van der Waals surface area (Å²) in [6.45, 7) is 6.51. The number of hydrogen-bond acceptors (Lipinski definition) is 6. The van der Waals surface area contributed by atoms with Crippen LogP contribution in [0.5, 0.6) is 5.75 Å². The number of aromatic nitrogens is 1. The molecule has 0 saturated carbocycles. The molecule has 1 aliphatic heterocycles. The Morgan fingerprint density at radius 2 is 1.90 bits per heavy atom. The first kappa shape index (κ1) is 22.9. The van der Waals surface area contributed by atoms with E-state index in [1.807, 2.05) is 0 Å². The highest BCUT2D eigenvalue weighted by Gasteiger charge is 2.42. The molecule has 7 nitrogen and oxygen atoms in total. The second-order valence-electron chi connectivity index (χ2n) is 8.17. The Labute approximate surface area is 166 Å². The molecule has 0 spiro atoms. The Bertz CT molecular complexity index is 842. The number of hydrogen-bond donors (Lipinski definition) is 1. The maximum absolute atomic E-state index is 13.0. The molecule has 162 valence electrons. The number of rotatable bonds is 4. The Kier molecular flexibility index (Phi) is 6.46. The van der Waals surface area contributed by atoms with E-state index in [1.54, 1.807) is 27.7 Å². The largest absolute Gasteiger partial charge is 0.490 e. The fraction of sp³-hybridized carbons (Fsp3) is 0.632. The van der Waals surface area contributed by atoms with Crippen LogP contribution in [0.15, 0.2) is 17.1 Å². The first-order valence-electron chi connectivity index (χ1n) is 9.11. The van der Waals surface area contributed by atoms with Crippen molar-refractivity contribution in [2.75, 3.05) is 6.61 Å². The van der Waals surface area contributed by atoms with Crippen LogP contribution in [-0.4, -0.2) is 40.6 Å². The molecule has 0 aliphatic carbocycles. The summed E-state index contributed by atoms with van der Waals surface area (Å²) in [5.41, 5.74) is -3.36. The van der Waals surface area contributed by atoms with Gasteiger partial charge in [-0.1, -0.05) is 0 Å². The normalized spacial score (nSPS) is 23.0. The molecule has 0 bridgehead atoms. The molecule has 29 heavy (non-hydrogen) atoms. The third kappa shape index (κ3) is 5.81. The van der Waals surface area contributed by atoms with Crippen LogP contribution in [0.1, 0.15) is 39.7 Å². The van der Waals surface area contributed by atoms with Crippen LogP contribution in [0.4, 0.5) is 13.2 Å². The highest BCUT2D eigenvalue weighted by Crippen LogP contribution is 2.29. The number of esters is 1.